The summed E-state index contributed by atoms with van der Waals surface area (Å²) < 4.78 is 20.0. The number of rotatable bonds is 3. The number of alkyl carbamates (subject to hydrolysis) is 1. The van der Waals surface area contributed by atoms with E-state index in [1.807, 2.05) is 26.8 Å². The molecule has 24 heavy (non-hydrogen) atoms. The summed E-state index contributed by atoms with van der Waals surface area (Å²) in [7, 11) is 0. The Bertz CT molecular complexity index is 601. The first-order valence-electron chi connectivity index (χ1n) is 8.30. The third-order valence-corrected chi connectivity index (χ3v) is 4.69. The number of aryl methyl sites for hydroxylation is 1. The predicted octanol–water partition coefficient (Wildman–Crippen LogP) is 4.39. The van der Waals surface area contributed by atoms with Gasteiger partial charge >= 0.3 is 6.09 Å². The molecule has 0 aromatic heterocycles. The van der Waals surface area contributed by atoms with Crippen LogP contribution in [0.5, 0.6) is 0 Å². The molecule has 0 unspecified atom stereocenters. The van der Waals surface area contributed by atoms with E-state index in [1.165, 1.54) is 0 Å². The fourth-order valence-corrected chi connectivity index (χ4v) is 3.42. The molecule has 2 rings (SSSR count). The third kappa shape index (κ3) is 5.74. The zero-order chi connectivity index (χ0) is 17.9. The summed E-state index contributed by atoms with van der Waals surface area (Å²) in [5.41, 5.74) is 1.06. The summed E-state index contributed by atoms with van der Waals surface area (Å²) in [4.78, 5) is 14.2. The van der Waals surface area contributed by atoms with Gasteiger partial charge in [0, 0.05) is 23.6 Å². The number of carbonyl (C=O) groups is 1. The average molecular weight is 401 g/mol. The van der Waals surface area contributed by atoms with E-state index < -0.39 is 5.60 Å². The molecule has 1 heterocycles. The van der Waals surface area contributed by atoms with Crippen LogP contribution in [0.25, 0.3) is 0 Å². The van der Waals surface area contributed by atoms with Crippen LogP contribution < -0.4 is 5.32 Å². The van der Waals surface area contributed by atoms with Gasteiger partial charge in [-0.3, -0.25) is 4.90 Å². The summed E-state index contributed by atoms with van der Waals surface area (Å²) in [6.07, 6.45) is 1.54. The van der Waals surface area contributed by atoms with Crippen LogP contribution in [0.3, 0.4) is 0 Å². The van der Waals surface area contributed by atoms with Crippen molar-refractivity contribution in [3.05, 3.63) is 33.5 Å². The quantitative estimate of drug-likeness (QED) is 0.817. The minimum atomic E-state index is -0.497. The van der Waals surface area contributed by atoms with Crippen LogP contribution >= 0.6 is 15.9 Å². The van der Waals surface area contributed by atoms with E-state index in [2.05, 4.69) is 26.1 Å². The van der Waals surface area contributed by atoms with Crippen LogP contribution in [0, 0.1) is 12.7 Å². The van der Waals surface area contributed by atoms with Gasteiger partial charge in [-0.1, -0.05) is 15.9 Å². The van der Waals surface area contributed by atoms with Crippen LogP contribution in [0.2, 0.25) is 0 Å². The van der Waals surface area contributed by atoms with Gasteiger partial charge in [0.2, 0.25) is 0 Å². The number of carbonyl (C=O) groups excluding carboxylic acids is 1. The molecule has 134 valence electrons. The second-order valence-corrected chi connectivity index (χ2v) is 8.27. The van der Waals surface area contributed by atoms with Crippen molar-refractivity contribution in [2.75, 3.05) is 13.1 Å². The molecule has 1 fully saturated rings. The second kappa shape index (κ2) is 7.83. The minimum Gasteiger partial charge on any atom is -0.444 e. The van der Waals surface area contributed by atoms with Crippen LogP contribution in [-0.2, 0) is 11.3 Å². The highest BCUT2D eigenvalue weighted by atomic mass is 79.9. The van der Waals surface area contributed by atoms with Crippen molar-refractivity contribution in [3.8, 4) is 0 Å². The topological polar surface area (TPSA) is 41.6 Å². The van der Waals surface area contributed by atoms with Crippen molar-refractivity contribution >= 4 is 22.0 Å². The molecular formula is C18H26BrFN2O2. The zero-order valence-electron chi connectivity index (χ0n) is 14.8. The molecule has 1 N–H and O–H groups in total. The van der Waals surface area contributed by atoms with Gasteiger partial charge in [0.25, 0.3) is 0 Å². The van der Waals surface area contributed by atoms with Gasteiger partial charge in [0.15, 0.2) is 0 Å². The lowest BCUT2D eigenvalue weighted by Gasteiger charge is -2.33. The predicted molar refractivity (Wildman–Crippen MR) is 96.5 cm³/mol. The number of piperidine rings is 1. The lowest BCUT2D eigenvalue weighted by Crippen LogP contribution is -2.48. The molecule has 1 aromatic carbocycles. The molecule has 1 aromatic rings. The van der Waals surface area contributed by atoms with E-state index in [0.29, 0.717) is 12.1 Å². The molecule has 1 aliphatic rings. The normalized spacial score (nSPS) is 19.2. The molecule has 0 spiro atoms. The van der Waals surface area contributed by atoms with Crippen LogP contribution in [0.1, 0.15) is 44.7 Å². The fourth-order valence-electron chi connectivity index (χ4n) is 2.84. The molecular weight excluding hydrogens is 375 g/mol. The van der Waals surface area contributed by atoms with E-state index in [9.17, 15) is 9.18 Å². The first kappa shape index (κ1) is 19.2. The maximum absolute atomic E-state index is 13.8. The number of hydrogen-bond acceptors (Lipinski definition) is 3. The summed E-state index contributed by atoms with van der Waals surface area (Å²) in [6, 6.07) is 3.46. The molecule has 0 bridgehead atoms. The van der Waals surface area contributed by atoms with E-state index in [-0.39, 0.29) is 18.0 Å². The molecule has 0 radical (unpaired) electrons. The maximum Gasteiger partial charge on any atom is 0.407 e. The first-order chi connectivity index (χ1) is 11.1. The molecule has 1 amide bonds. The standard InChI is InChI=1S/C18H26BrFN2O2/c1-12-8-15(19)13(9-16(12)20)10-22-7-5-6-14(11-22)21-17(23)24-18(2,3)4/h8-9,14H,5-7,10-11H2,1-4H3,(H,21,23)/t14-/m1/s1. The first-order valence-corrected chi connectivity index (χ1v) is 9.10. The Morgan fingerprint density at radius 3 is 2.83 bits per heavy atom. The van der Waals surface area contributed by atoms with Crippen molar-refractivity contribution in [2.24, 2.45) is 0 Å². The minimum absolute atomic E-state index is 0.0580. The van der Waals surface area contributed by atoms with Gasteiger partial charge in [-0.2, -0.15) is 0 Å². The lowest BCUT2D eigenvalue weighted by molar-refractivity contribution is 0.0470. The Hall–Kier alpha value is -1.14. The van der Waals surface area contributed by atoms with Crippen molar-refractivity contribution < 1.29 is 13.9 Å². The van der Waals surface area contributed by atoms with E-state index in [1.54, 1.807) is 13.0 Å². The summed E-state index contributed by atoms with van der Waals surface area (Å²) >= 11 is 3.51. The Kier molecular flexibility index (Phi) is 6.26. The number of nitrogens with zero attached hydrogens (tertiary/aromatic N) is 1. The Labute approximate surface area is 151 Å². The Morgan fingerprint density at radius 2 is 2.17 bits per heavy atom. The van der Waals surface area contributed by atoms with Crippen LogP contribution in [0.15, 0.2) is 16.6 Å². The van der Waals surface area contributed by atoms with E-state index >= 15 is 0 Å². The van der Waals surface area contributed by atoms with Gasteiger partial charge in [-0.15, -0.1) is 0 Å². The van der Waals surface area contributed by atoms with Gasteiger partial charge < -0.3 is 10.1 Å². The van der Waals surface area contributed by atoms with Gasteiger partial charge in [-0.25, -0.2) is 9.18 Å². The number of hydrogen-bond donors (Lipinski definition) is 1. The largest absolute Gasteiger partial charge is 0.444 e. The molecule has 1 saturated heterocycles. The summed E-state index contributed by atoms with van der Waals surface area (Å²) in [5.74, 6) is -0.186. The molecule has 4 nitrogen and oxygen atoms in total. The average Bonchev–Trinajstić information content (AvgIpc) is 2.43. The van der Waals surface area contributed by atoms with Crippen molar-refractivity contribution in [3.63, 3.8) is 0 Å². The smallest absolute Gasteiger partial charge is 0.407 e. The van der Waals surface area contributed by atoms with Crippen LogP contribution in [0.4, 0.5) is 9.18 Å². The maximum atomic E-state index is 13.8. The van der Waals surface area contributed by atoms with E-state index in [4.69, 9.17) is 4.74 Å². The van der Waals surface area contributed by atoms with Gasteiger partial charge in [0.1, 0.15) is 11.4 Å². The Morgan fingerprint density at radius 1 is 1.46 bits per heavy atom. The summed E-state index contributed by atoms with van der Waals surface area (Å²) in [6.45, 7) is 9.64. The van der Waals surface area contributed by atoms with Crippen molar-refractivity contribution in [1.82, 2.24) is 10.2 Å². The SMILES string of the molecule is Cc1cc(Br)c(CN2CCC[C@@H](NC(=O)OC(C)(C)C)C2)cc1F. The highest BCUT2D eigenvalue weighted by molar-refractivity contribution is 9.10. The van der Waals surface area contributed by atoms with Gasteiger partial charge in [0.05, 0.1) is 0 Å². The molecule has 6 heteroatoms. The molecule has 1 aliphatic heterocycles. The molecule has 1 atom stereocenters. The van der Waals surface area contributed by atoms with Crippen molar-refractivity contribution in [2.45, 2.75) is 58.7 Å². The highest BCUT2D eigenvalue weighted by Crippen LogP contribution is 2.24. The molecule has 0 saturated carbocycles. The number of ether oxygens (including phenoxy) is 1. The molecule has 0 aliphatic carbocycles. The fraction of sp³-hybridized carbons (Fsp3) is 0.611. The zero-order valence-corrected chi connectivity index (χ0v) is 16.4. The van der Waals surface area contributed by atoms with Crippen molar-refractivity contribution in [1.29, 1.82) is 0 Å². The van der Waals surface area contributed by atoms with Crippen LogP contribution in [-0.4, -0.2) is 35.7 Å². The number of halogens is 2. The number of likely N-dealkylation sites (tertiary alicyclic amines) is 1. The number of nitrogens with one attached hydrogen (secondary N) is 1. The second-order valence-electron chi connectivity index (χ2n) is 7.41. The lowest BCUT2D eigenvalue weighted by atomic mass is 10.0. The number of amides is 1. The van der Waals surface area contributed by atoms with Gasteiger partial charge in [-0.05, 0) is 70.3 Å². The highest BCUT2D eigenvalue weighted by Gasteiger charge is 2.24. The van der Waals surface area contributed by atoms with E-state index in [0.717, 1.165) is 36.0 Å². The third-order valence-electron chi connectivity index (χ3n) is 3.95. The number of benzene rings is 1. The summed E-state index contributed by atoms with van der Waals surface area (Å²) in [5, 5.41) is 2.94. The monoisotopic (exact) mass is 400 g/mol. The Balaban J connectivity index is 1.94.